The van der Waals surface area contributed by atoms with Crippen LogP contribution in [0.4, 0.5) is 11.4 Å². The van der Waals surface area contributed by atoms with E-state index in [1.165, 1.54) is 16.7 Å². The molecule has 0 aliphatic heterocycles. The van der Waals surface area contributed by atoms with E-state index in [2.05, 4.69) is 20.9 Å². The summed E-state index contributed by atoms with van der Waals surface area (Å²) in [7, 11) is 0. The van der Waals surface area contributed by atoms with Gasteiger partial charge in [0.2, 0.25) is 0 Å². The van der Waals surface area contributed by atoms with Gasteiger partial charge in [-0.05, 0) is 41.4 Å². The molecular formula is C13H13BrN4O3. The van der Waals surface area contributed by atoms with Crippen LogP contribution in [0.1, 0.15) is 17.0 Å². The van der Waals surface area contributed by atoms with E-state index in [-0.39, 0.29) is 17.9 Å². The summed E-state index contributed by atoms with van der Waals surface area (Å²) >= 11 is 3.38. The van der Waals surface area contributed by atoms with Crippen molar-refractivity contribution in [3.63, 3.8) is 0 Å². The summed E-state index contributed by atoms with van der Waals surface area (Å²) in [6.45, 7) is 3.71. The highest BCUT2D eigenvalue weighted by molar-refractivity contribution is 9.10. The molecule has 0 bridgehead atoms. The van der Waals surface area contributed by atoms with Gasteiger partial charge in [-0.3, -0.25) is 14.7 Å². The third-order valence-electron chi connectivity index (χ3n) is 3.17. The predicted octanol–water partition coefficient (Wildman–Crippen LogP) is 2.16. The topological polar surface area (TPSA) is 104 Å². The van der Waals surface area contributed by atoms with Crippen LogP contribution in [-0.2, 0) is 6.54 Å². The molecule has 0 aliphatic carbocycles. The first-order valence-electron chi connectivity index (χ1n) is 6.07. The number of nitro groups is 1. The number of rotatable bonds is 3. The van der Waals surface area contributed by atoms with E-state index in [0.29, 0.717) is 17.0 Å². The largest absolute Gasteiger partial charge is 0.393 e. The zero-order chi connectivity index (χ0) is 15.7. The van der Waals surface area contributed by atoms with E-state index in [1.54, 1.807) is 19.9 Å². The highest BCUT2D eigenvalue weighted by Crippen LogP contribution is 2.23. The number of nitrogen functional groups attached to an aromatic ring is 1. The number of aryl methyl sites for hydroxylation is 1. The van der Waals surface area contributed by atoms with Crippen LogP contribution in [0.25, 0.3) is 0 Å². The summed E-state index contributed by atoms with van der Waals surface area (Å²) in [6, 6.07) is 4.49. The van der Waals surface area contributed by atoms with Gasteiger partial charge < -0.3 is 5.73 Å². The first-order chi connectivity index (χ1) is 9.81. The zero-order valence-electron chi connectivity index (χ0n) is 11.5. The lowest BCUT2D eigenvalue weighted by molar-refractivity contribution is -0.384. The summed E-state index contributed by atoms with van der Waals surface area (Å²) in [6.07, 6.45) is 0. The maximum absolute atomic E-state index is 12.0. The van der Waals surface area contributed by atoms with Crippen LogP contribution < -0.4 is 11.4 Å². The molecule has 0 aliphatic rings. The highest BCUT2D eigenvalue weighted by atomic mass is 79.9. The van der Waals surface area contributed by atoms with Gasteiger partial charge in [-0.25, -0.2) is 4.79 Å². The molecule has 8 heteroatoms. The number of hydrogen-bond acceptors (Lipinski definition) is 5. The van der Waals surface area contributed by atoms with Crippen LogP contribution in [0.2, 0.25) is 0 Å². The minimum absolute atomic E-state index is 0.0935. The molecule has 0 saturated carbocycles. The Labute approximate surface area is 128 Å². The van der Waals surface area contributed by atoms with Gasteiger partial charge in [-0.1, -0.05) is 6.07 Å². The van der Waals surface area contributed by atoms with Crippen LogP contribution in [-0.4, -0.2) is 14.5 Å². The zero-order valence-corrected chi connectivity index (χ0v) is 13.0. The third-order valence-corrected chi connectivity index (χ3v) is 4.31. The lowest BCUT2D eigenvalue weighted by atomic mass is 10.1. The standard InChI is InChI=1S/C13H13BrN4O3/c1-7-12(14)8(2)17(13(19)16-7)6-9-3-4-10(15)11(5-9)18(20)21/h3-5H,6,15H2,1-2H3. The number of nitrogens with zero attached hydrogens (tertiary/aromatic N) is 3. The molecule has 1 aromatic heterocycles. The Morgan fingerprint density at radius 2 is 2.10 bits per heavy atom. The summed E-state index contributed by atoms with van der Waals surface area (Å²) in [4.78, 5) is 26.2. The van der Waals surface area contributed by atoms with Gasteiger partial charge in [0, 0.05) is 11.8 Å². The van der Waals surface area contributed by atoms with Gasteiger partial charge in [0.1, 0.15) is 5.69 Å². The van der Waals surface area contributed by atoms with Gasteiger partial charge in [0.25, 0.3) is 5.69 Å². The molecule has 21 heavy (non-hydrogen) atoms. The number of aromatic nitrogens is 2. The first kappa shape index (κ1) is 15.2. The molecule has 110 valence electrons. The molecule has 0 atom stereocenters. The summed E-state index contributed by atoms with van der Waals surface area (Å²) in [5.74, 6) is 0. The Balaban J connectivity index is 2.49. The fourth-order valence-electron chi connectivity index (χ4n) is 1.99. The maximum Gasteiger partial charge on any atom is 0.348 e. The Hall–Kier alpha value is -2.22. The molecule has 1 heterocycles. The number of anilines is 1. The van der Waals surface area contributed by atoms with Crippen molar-refractivity contribution in [2.75, 3.05) is 5.73 Å². The minimum Gasteiger partial charge on any atom is -0.393 e. The van der Waals surface area contributed by atoms with E-state index >= 15 is 0 Å². The van der Waals surface area contributed by atoms with Crippen molar-refractivity contribution in [3.05, 3.63) is 60.2 Å². The van der Waals surface area contributed by atoms with Crippen LogP contribution >= 0.6 is 15.9 Å². The maximum atomic E-state index is 12.0. The normalized spacial score (nSPS) is 10.6. The van der Waals surface area contributed by atoms with Crippen LogP contribution in [0.5, 0.6) is 0 Å². The molecule has 0 fully saturated rings. The fraction of sp³-hybridized carbons (Fsp3) is 0.231. The van der Waals surface area contributed by atoms with Crippen molar-refractivity contribution < 1.29 is 4.92 Å². The van der Waals surface area contributed by atoms with E-state index in [4.69, 9.17) is 5.73 Å². The second-order valence-electron chi connectivity index (χ2n) is 4.62. The Morgan fingerprint density at radius 3 is 2.71 bits per heavy atom. The van der Waals surface area contributed by atoms with Crippen molar-refractivity contribution in [2.24, 2.45) is 0 Å². The number of hydrogen-bond donors (Lipinski definition) is 1. The lowest BCUT2D eigenvalue weighted by Crippen LogP contribution is -2.27. The number of nitrogens with two attached hydrogens (primary N) is 1. The van der Waals surface area contributed by atoms with E-state index in [0.717, 1.165) is 4.47 Å². The quantitative estimate of drug-likeness (QED) is 0.517. The summed E-state index contributed by atoms with van der Waals surface area (Å²) < 4.78 is 2.19. The second-order valence-corrected chi connectivity index (χ2v) is 5.41. The summed E-state index contributed by atoms with van der Waals surface area (Å²) in [5.41, 5.74) is 7.02. The lowest BCUT2D eigenvalue weighted by Gasteiger charge is -2.12. The average molecular weight is 353 g/mol. The molecule has 0 spiro atoms. The third kappa shape index (κ3) is 2.94. The summed E-state index contributed by atoms with van der Waals surface area (Å²) in [5, 5.41) is 10.9. The molecular weight excluding hydrogens is 340 g/mol. The second kappa shape index (κ2) is 5.65. The van der Waals surface area contributed by atoms with Crippen molar-refractivity contribution in [1.82, 2.24) is 9.55 Å². The van der Waals surface area contributed by atoms with E-state index in [1.807, 2.05) is 0 Å². The Morgan fingerprint density at radius 1 is 1.43 bits per heavy atom. The van der Waals surface area contributed by atoms with Crippen molar-refractivity contribution in [3.8, 4) is 0 Å². The van der Waals surface area contributed by atoms with Crippen molar-refractivity contribution in [1.29, 1.82) is 0 Å². The van der Waals surface area contributed by atoms with Gasteiger partial charge in [0.05, 0.1) is 21.6 Å². The molecule has 0 radical (unpaired) electrons. The first-order valence-corrected chi connectivity index (χ1v) is 6.87. The van der Waals surface area contributed by atoms with E-state index < -0.39 is 10.6 Å². The molecule has 7 nitrogen and oxygen atoms in total. The molecule has 0 unspecified atom stereocenters. The molecule has 2 N–H and O–H groups in total. The molecule has 0 amide bonds. The highest BCUT2D eigenvalue weighted by Gasteiger charge is 2.14. The average Bonchev–Trinajstić information content (AvgIpc) is 2.42. The number of benzene rings is 1. The van der Waals surface area contributed by atoms with Gasteiger partial charge in [-0.2, -0.15) is 4.98 Å². The number of nitro benzene ring substituents is 1. The van der Waals surface area contributed by atoms with Crippen LogP contribution in [0.15, 0.2) is 27.5 Å². The Bertz CT molecular complexity index is 786. The molecule has 2 rings (SSSR count). The predicted molar refractivity (Wildman–Crippen MR) is 82.3 cm³/mol. The van der Waals surface area contributed by atoms with Crippen molar-refractivity contribution >= 4 is 27.3 Å². The SMILES string of the molecule is Cc1nc(=O)n(Cc2ccc(N)c([N+](=O)[O-])c2)c(C)c1Br. The Kier molecular flexibility index (Phi) is 4.08. The van der Waals surface area contributed by atoms with Crippen molar-refractivity contribution in [2.45, 2.75) is 20.4 Å². The van der Waals surface area contributed by atoms with Gasteiger partial charge >= 0.3 is 5.69 Å². The van der Waals surface area contributed by atoms with Gasteiger partial charge in [-0.15, -0.1) is 0 Å². The number of halogens is 1. The van der Waals surface area contributed by atoms with E-state index in [9.17, 15) is 14.9 Å². The monoisotopic (exact) mass is 352 g/mol. The fourth-order valence-corrected chi connectivity index (χ4v) is 2.29. The molecule has 0 saturated heterocycles. The van der Waals surface area contributed by atoms with Crippen LogP contribution in [0.3, 0.4) is 0 Å². The smallest absolute Gasteiger partial charge is 0.348 e. The van der Waals surface area contributed by atoms with Gasteiger partial charge in [0.15, 0.2) is 0 Å². The van der Waals surface area contributed by atoms with Crippen LogP contribution in [0, 0.1) is 24.0 Å². The molecule has 1 aromatic carbocycles. The minimum atomic E-state index is -0.544. The molecule has 2 aromatic rings.